The third-order valence-electron chi connectivity index (χ3n) is 5.22. The van der Waals surface area contributed by atoms with E-state index in [0.29, 0.717) is 17.8 Å². The van der Waals surface area contributed by atoms with E-state index in [1.807, 2.05) is 0 Å². The predicted molar refractivity (Wildman–Crippen MR) is 104 cm³/mol. The number of nitrogens with one attached hydrogen (secondary N) is 1. The maximum absolute atomic E-state index is 13.7. The van der Waals surface area contributed by atoms with Gasteiger partial charge in [-0.2, -0.15) is 13.2 Å². The molecule has 1 amide bonds. The van der Waals surface area contributed by atoms with Gasteiger partial charge in [0.15, 0.2) is 0 Å². The van der Waals surface area contributed by atoms with E-state index in [1.165, 1.54) is 0 Å². The second-order valence-electron chi connectivity index (χ2n) is 7.27. The summed E-state index contributed by atoms with van der Waals surface area (Å²) in [5.41, 5.74) is -2.80. The highest BCUT2D eigenvalue weighted by atomic mass is 35.5. The van der Waals surface area contributed by atoms with Gasteiger partial charge in [-0.1, -0.05) is 41.4 Å². The first-order valence-electron chi connectivity index (χ1n) is 9.16. The molecule has 1 saturated carbocycles. The fraction of sp³-hybridized carbons (Fsp3) is 0.400. The molecule has 10 heteroatoms. The van der Waals surface area contributed by atoms with Crippen molar-refractivity contribution in [1.82, 2.24) is 10.3 Å². The molecule has 0 aliphatic heterocycles. The molecule has 1 aromatic heterocycles. The van der Waals surface area contributed by atoms with Gasteiger partial charge in [0, 0.05) is 11.2 Å². The molecule has 1 aliphatic rings. The Balaban J connectivity index is 1.98. The highest BCUT2D eigenvalue weighted by molar-refractivity contribution is 6.32. The molecule has 0 spiro atoms. The van der Waals surface area contributed by atoms with Crippen LogP contribution in [0.2, 0.25) is 10.2 Å². The summed E-state index contributed by atoms with van der Waals surface area (Å²) < 4.78 is 52.7. The van der Waals surface area contributed by atoms with E-state index >= 15 is 0 Å². The Morgan fingerprint density at radius 3 is 2.47 bits per heavy atom. The van der Waals surface area contributed by atoms with Crippen molar-refractivity contribution in [1.29, 1.82) is 0 Å². The van der Waals surface area contributed by atoms with E-state index in [-0.39, 0.29) is 30.7 Å². The van der Waals surface area contributed by atoms with Crippen LogP contribution >= 0.6 is 23.2 Å². The smallest absolute Gasteiger partial charge is 0.387 e. The van der Waals surface area contributed by atoms with Gasteiger partial charge in [-0.15, -0.1) is 0 Å². The number of pyridine rings is 1. The molecule has 2 N–H and O–H groups in total. The standard InChI is InChI=1S/C20H18Cl2F4N2O2/c21-15-4-2-1-3-13(15)16(19(30)7-5-12(23)6-8-19)28-18(29)14-9-11(20(24,25)26)10-27-17(14)22/h1-4,9-10,12,16,30H,5-8H2,(H,28,29). The van der Waals surface area contributed by atoms with Gasteiger partial charge in [0.2, 0.25) is 0 Å². The van der Waals surface area contributed by atoms with E-state index in [0.717, 1.165) is 0 Å². The number of halogens is 6. The average molecular weight is 465 g/mol. The van der Waals surface area contributed by atoms with E-state index in [1.54, 1.807) is 24.3 Å². The summed E-state index contributed by atoms with van der Waals surface area (Å²) in [6.45, 7) is 0. The Morgan fingerprint density at radius 1 is 1.23 bits per heavy atom. The quantitative estimate of drug-likeness (QED) is 0.462. The number of aliphatic hydroxyl groups is 1. The van der Waals surface area contributed by atoms with Crippen LogP contribution in [0, 0.1) is 0 Å². The molecule has 1 unspecified atom stereocenters. The van der Waals surface area contributed by atoms with Crippen molar-refractivity contribution in [2.45, 2.75) is 49.7 Å². The Hall–Kier alpha value is -1.90. The molecule has 30 heavy (non-hydrogen) atoms. The molecular formula is C20H18Cl2F4N2O2. The number of hydrogen-bond acceptors (Lipinski definition) is 3. The number of amides is 1. The lowest BCUT2D eigenvalue weighted by molar-refractivity contribution is -0.137. The maximum atomic E-state index is 13.7. The first-order valence-corrected chi connectivity index (χ1v) is 9.91. The lowest BCUT2D eigenvalue weighted by Crippen LogP contribution is -2.48. The molecule has 1 atom stereocenters. The highest BCUT2D eigenvalue weighted by Gasteiger charge is 2.43. The Morgan fingerprint density at radius 2 is 1.87 bits per heavy atom. The fourth-order valence-corrected chi connectivity index (χ4v) is 3.99. The van der Waals surface area contributed by atoms with Crippen molar-refractivity contribution in [2.24, 2.45) is 0 Å². The molecule has 4 nitrogen and oxygen atoms in total. The SMILES string of the molecule is O=C(NC(c1ccccc1Cl)C1(O)CCC(F)CC1)c1cc(C(F)(F)F)cnc1Cl. The molecule has 3 rings (SSSR count). The predicted octanol–water partition coefficient (Wildman–Crippen LogP) is 5.52. The first kappa shape index (κ1) is 22.8. The number of carbonyl (C=O) groups is 1. The fourth-order valence-electron chi connectivity index (χ4n) is 3.55. The van der Waals surface area contributed by atoms with Gasteiger partial charge in [0.05, 0.1) is 22.8 Å². The monoisotopic (exact) mass is 464 g/mol. The van der Waals surface area contributed by atoms with E-state index in [2.05, 4.69) is 10.3 Å². The number of alkyl halides is 4. The van der Waals surface area contributed by atoms with Crippen molar-refractivity contribution < 1.29 is 27.5 Å². The maximum Gasteiger partial charge on any atom is 0.417 e. The van der Waals surface area contributed by atoms with Crippen LogP contribution in [0.25, 0.3) is 0 Å². The summed E-state index contributed by atoms with van der Waals surface area (Å²) in [4.78, 5) is 16.3. The van der Waals surface area contributed by atoms with E-state index < -0.39 is 46.2 Å². The molecule has 162 valence electrons. The largest absolute Gasteiger partial charge is 0.417 e. The van der Waals surface area contributed by atoms with Gasteiger partial charge < -0.3 is 10.4 Å². The summed E-state index contributed by atoms with van der Waals surface area (Å²) >= 11 is 12.1. The summed E-state index contributed by atoms with van der Waals surface area (Å²) in [5.74, 6) is -0.959. The number of rotatable bonds is 4. The number of carbonyl (C=O) groups excluding carboxylic acids is 1. The third kappa shape index (κ3) is 4.87. The number of nitrogens with zero attached hydrogens (tertiary/aromatic N) is 1. The Kier molecular flexibility index (Phi) is 6.60. The molecule has 1 aliphatic carbocycles. The van der Waals surface area contributed by atoms with Crippen molar-refractivity contribution in [3.05, 3.63) is 63.4 Å². The van der Waals surface area contributed by atoms with Crippen LogP contribution < -0.4 is 5.32 Å². The van der Waals surface area contributed by atoms with Crippen molar-refractivity contribution in [2.75, 3.05) is 0 Å². The van der Waals surface area contributed by atoms with Gasteiger partial charge in [-0.05, 0) is 43.4 Å². The van der Waals surface area contributed by atoms with Crippen LogP contribution in [-0.4, -0.2) is 27.8 Å². The second kappa shape index (κ2) is 8.69. The zero-order valence-electron chi connectivity index (χ0n) is 15.5. The molecule has 2 aromatic rings. The summed E-state index contributed by atoms with van der Waals surface area (Å²) in [7, 11) is 0. The lowest BCUT2D eigenvalue weighted by atomic mass is 9.76. The topological polar surface area (TPSA) is 62.2 Å². The molecule has 1 heterocycles. The van der Waals surface area contributed by atoms with Crippen LogP contribution in [0.3, 0.4) is 0 Å². The second-order valence-corrected chi connectivity index (χ2v) is 8.03. The minimum absolute atomic E-state index is 0.0406. The number of benzene rings is 1. The number of hydrogen-bond donors (Lipinski definition) is 2. The molecule has 0 radical (unpaired) electrons. The zero-order valence-corrected chi connectivity index (χ0v) is 17.0. The van der Waals surface area contributed by atoms with Crippen LogP contribution in [0.4, 0.5) is 17.6 Å². The zero-order chi connectivity index (χ0) is 22.1. The molecule has 0 bridgehead atoms. The molecular weight excluding hydrogens is 447 g/mol. The minimum atomic E-state index is -4.72. The van der Waals surface area contributed by atoms with Gasteiger partial charge in [0.25, 0.3) is 5.91 Å². The molecule has 1 aromatic carbocycles. The Bertz CT molecular complexity index is 931. The average Bonchev–Trinajstić information content (AvgIpc) is 2.68. The molecule has 1 fully saturated rings. The lowest BCUT2D eigenvalue weighted by Gasteiger charge is -2.41. The van der Waals surface area contributed by atoms with Gasteiger partial charge in [-0.25, -0.2) is 9.37 Å². The minimum Gasteiger partial charge on any atom is -0.387 e. The van der Waals surface area contributed by atoms with Crippen molar-refractivity contribution in [3.8, 4) is 0 Å². The van der Waals surface area contributed by atoms with Crippen LogP contribution in [0.1, 0.15) is 53.2 Å². The van der Waals surface area contributed by atoms with Crippen molar-refractivity contribution in [3.63, 3.8) is 0 Å². The third-order valence-corrected chi connectivity index (χ3v) is 5.87. The van der Waals surface area contributed by atoms with Crippen LogP contribution in [0.5, 0.6) is 0 Å². The summed E-state index contributed by atoms with van der Waals surface area (Å²) in [5, 5.41) is 13.6. The van der Waals surface area contributed by atoms with E-state index in [4.69, 9.17) is 23.2 Å². The highest BCUT2D eigenvalue weighted by Crippen LogP contribution is 2.41. The normalized spacial score (nSPS) is 23.1. The Labute approximate surface area is 180 Å². The van der Waals surface area contributed by atoms with Gasteiger partial charge in [-0.3, -0.25) is 4.79 Å². The summed E-state index contributed by atoms with van der Waals surface area (Å²) in [6, 6.07) is 5.94. The first-order chi connectivity index (χ1) is 14.0. The van der Waals surface area contributed by atoms with Gasteiger partial charge >= 0.3 is 6.18 Å². The van der Waals surface area contributed by atoms with Crippen molar-refractivity contribution >= 4 is 29.1 Å². The van der Waals surface area contributed by atoms with E-state index in [9.17, 15) is 27.5 Å². The van der Waals surface area contributed by atoms with Gasteiger partial charge in [0.1, 0.15) is 11.3 Å². The molecule has 0 saturated heterocycles. The van der Waals surface area contributed by atoms with Crippen LogP contribution in [-0.2, 0) is 6.18 Å². The summed E-state index contributed by atoms with van der Waals surface area (Å²) in [6.07, 6.45) is -5.02. The number of aromatic nitrogens is 1. The van der Waals surface area contributed by atoms with Crippen LogP contribution in [0.15, 0.2) is 36.5 Å².